The number of sulfonamides is 1. The number of thiazole rings is 1. The lowest BCUT2D eigenvalue weighted by atomic mass is 9.98. The van der Waals surface area contributed by atoms with Crippen molar-refractivity contribution in [2.45, 2.75) is 23.8 Å². The van der Waals surface area contributed by atoms with E-state index in [0.29, 0.717) is 17.4 Å². The van der Waals surface area contributed by atoms with Crippen LogP contribution < -0.4 is 14.5 Å². The van der Waals surface area contributed by atoms with Gasteiger partial charge in [-0.05, 0) is 59.9 Å². The Bertz CT molecular complexity index is 1520. The van der Waals surface area contributed by atoms with Crippen molar-refractivity contribution in [3.8, 4) is 11.1 Å². The van der Waals surface area contributed by atoms with E-state index in [0.717, 1.165) is 25.1 Å². The third-order valence-corrected chi connectivity index (χ3v) is 8.99. The fourth-order valence-corrected chi connectivity index (χ4v) is 6.92. The number of fused-ring (bicyclic) bond motifs is 1. The summed E-state index contributed by atoms with van der Waals surface area (Å²) in [6.07, 6.45) is 3.17. The molecule has 1 atom stereocenters. The molecule has 0 saturated carbocycles. The van der Waals surface area contributed by atoms with Crippen LogP contribution in [0.2, 0.25) is 0 Å². The highest BCUT2D eigenvalue weighted by molar-refractivity contribution is 7.93. The van der Waals surface area contributed by atoms with E-state index >= 15 is 0 Å². The van der Waals surface area contributed by atoms with E-state index in [1.54, 1.807) is 28.6 Å². The Hall–Kier alpha value is -3.69. The van der Waals surface area contributed by atoms with Crippen LogP contribution in [0.25, 0.3) is 11.1 Å². The predicted molar refractivity (Wildman–Crippen MR) is 147 cm³/mol. The van der Waals surface area contributed by atoms with Gasteiger partial charge in [0.15, 0.2) is 5.13 Å². The molecular formula is C27H28N4O3S2. The Morgan fingerprint density at radius 2 is 1.78 bits per heavy atom. The molecule has 3 heterocycles. The highest BCUT2D eigenvalue weighted by atomic mass is 32.2. The van der Waals surface area contributed by atoms with E-state index in [9.17, 15) is 13.2 Å². The average Bonchev–Trinajstić information content (AvgIpc) is 3.64. The van der Waals surface area contributed by atoms with Crippen LogP contribution in [-0.2, 0) is 21.2 Å². The van der Waals surface area contributed by atoms with Crippen LogP contribution in [0.3, 0.4) is 0 Å². The summed E-state index contributed by atoms with van der Waals surface area (Å²) in [6, 6.07) is 22.9. The monoisotopic (exact) mass is 520 g/mol. The lowest BCUT2D eigenvalue weighted by Gasteiger charge is -2.26. The Balaban J connectivity index is 0.00000168. The summed E-state index contributed by atoms with van der Waals surface area (Å²) in [7, 11) is -3.74. The van der Waals surface area contributed by atoms with Crippen molar-refractivity contribution in [3.05, 3.63) is 89.9 Å². The van der Waals surface area contributed by atoms with E-state index in [2.05, 4.69) is 44.9 Å². The van der Waals surface area contributed by atoms with Gasteiger partial charge in [0, 0.05) is 38.9 Å². The molecule has 1 aromatic heterocycles. The van der Waals surface area contributed by atoms with E-state index < -0.39 is 10.0 Å². The summed E-state index contributed by atoms with van der Waals surface area (Å²) in [4.78, 5) is 21.6. The van der Waals surface area contributed by atoms with Gasteiger partial charge in [0.25, 0.3) is 10.0 Å². The SMILES string of the molecule is O=C1[C@H](N2CCc3c(-c4ccccc4)cccc32)CCN1c1ccc(S(=O)(=O)Nc2nccs2)cc1.[HH].[HH]. The molecule has 3 aromatic carbocycles. The summed E-state index contributed by atoms with van der Waals surface area (Å²) in [5.74, 6) is 0.0458. The zero-order valence-electron chi connectivity index (χ0n) is 19.4. The zero-order chi connectivity index (χ0) is 24.7. The number of rotatable bonds is 6. The summed E-state index contributed by atoms with van der Waals surface area (Å²) >= 11 is 1.22. The lowest BCUT2D eigenvalue weighted by molar-refractivity contribution is -0.118. The molecule has 9 heteroatoms. The summed E-state index contributed by atoms with van der Waals surface area (Å²) in [6.45, 7) is 1.40. The molecule has 186 valence electrons. The maximum atomic E-state index is 13.5. The molecule has 36 heavy (non-hydrogen) atoms. The number of amides is 1. The maximum absolute atomic E-state index is 13.5. The average molecular weight is 521 g/mol. The number of carbonyl (C=O) groups is 1. The minimum absolute atomic E-state index is 0. The number of anilines is 3. The van der Waals surface area contributed by atoms with Gasteiger partial charge in [0.05, 0.1) is 4.90 Å². The van der Waals surface area contributed by atoms with Crippen LogP contribution in [-0.4, -0.2) is 38.4 Å². The quantitative estimate of drug-likeness (QED) is 0.375. The second kappa shape index (κ2) is 9.07. The molecule has 2 aliphatic heterocycles. The lowest BCUT2D eigenvalue weighted by Crippen LogP contribution is -2.41. The summed E-state index contributed by atoms with van der Waals surface area (Å²) in [5, 5.41) is 2.02. The first-order valence-corrected chi connectivity index (χ1v) is 14.2. The number of nitrogens with zero attached hydrogens (tertiary/aromatic N) is 3. The van der Waals surface area contributed by atoms with Gasteiger partial charge in [0.2, 0.25) is 5.91 Å². The number of hydrogen-bond acceptors (Lipinski definition) is 6. The van der Waals surface area contributed by atoms with Crippen LogP contribution in [0.1, 0.15) is 14.8 Å². The van der Waals surface area contributed by atoms with E-state index in [1.807, 2.05) is 18.2 Å². The van der Waals surface area contributed by atoms with Crippen LogP contribution in [0.5, 0.6) is 0 Å². The van der Waals surface area contributed by atoms with Gasteiger partial charge >= 0.3 is 0 Å². The first-order valence-electron chi connectivity index (χ1n) is 11.8. The summed E-state index contributed by atoms with van der Waals surface area (Å²) in [5.41, 5.74) is 5.53. The molecule has 0 unspecified atom stereocenters. The van der Waals surface area contributed by atoms with Gasteiger partial charge in [-0.3, -0.25) is 9.52 Å². The van der Waals surface area contributed by atoms with Crippen LogP contribution >= 0.6 is 11.3 Å². The topological polar surface area (TPSA) is 82.6 Å². The largest absolute Gasteiger partial charge is 0.359 e. The van der Waals surface area contributed by atoms with Crippen molar-refractivity contribution in [1.82, 2.24) is 4.98 Å². The van der Waals surface area contributed by atoms with Gasteiger partial charge < -0.3 is 9.80 Å². The van der Waals surface area contributed by atoms with Crippen LogP contribution in [0.15, 0.2) is 89.3 Å². The van der Waals surface area contributed by atoms with Crippen molar-refractivity contribution < 1.29 is 16.1 Å². The number of hydrogen-bond donors (Lipinski definition) is 1. The molecule has 4 aromatic rings. The fourth-order valence-electron chi connectivity index (χ4n) is 5.13. The van der Waals surface area contributed by atoms with E-state index in [4.69, 9.17) is 0 Å². The molecule has 1 saturated heterocycles. The first kappa shape index (κ1) is 22.8. The number of carbonyl (C=O) groups excluding carboxylic acids is 1. The van der Waals surface area contributed by atoms with Gasteiger partial charge in [-0.15, -0.1) is 11.3 Å². The van der Waals surface area contributed by atoms with Crippen molar-refractivity contribution >= 4 is 43.8 Å². The second-order valence-corrected chi connectivity index (χ2v) is 11.4. The number of aromatic nitrogens is 1. The smallest absolute Gasteiger partial charge is 0.263 e. The van der Waals surface area contributed by atoms with Gasteiger partial charge in [-0.1, -0.05) is 42.5 Å². The third-order valence-electron chi connectivity index (χ3n) is 6.81. The Morgan fingerprint density at radius 1 is 0.972 bits per heavy atom. The molecular weight excluding hydrogens is 492 g/mol. The molecule has 1 N–H and O–H groups in total. The molecule has 1 fully saturated rings. The first-order chi connectivity index (χ1) is 17.5. The molecule has 1 amide bonds. The Morgan fingerprint density at radius 3 is 2.53 bits per heavy atom. The predicted octanol–water partition coefficient (Wildman–Crippen LogP) is 5.27. The summed E-state index contributed by atoms with van der Waals surface area (Å²) < 4.78 is 27.7. The van der Waals surface area contributed by atoms with Crippen molar-refractivity contribution in [2.24, 2.45) is 0 Å². The zero-order valence-corrected chi connectivity index (χ0v) is 21.0. The number of benzene rings is 3. The maximum Gasteiger partial charge on any atom is 0.263 e. The second-order valence-electron chi connectivity index (χ2n) is 8.84. The standard InChI is InChI=1S/C27H24N4O3S2.2H2/c32-26-25(31-16-13-23-22(7-4-8-24(23)31)19-5-2-1-3-6-19)14-17-30(26)20-9-11-21(12-10-20)36(33,34)29-27-28-15-18-35-27;;/h1-12,15,18,25H,13-14,16-17H2,(H,28,29);2*1H/t25-;;/m1../s1. The van der Waals surface area contributed by atoms with Crippen LogP contribution in [0, 0.1) is 0 Å². The van der Waals surface area contributed by atoms with Crippen molar-refractivity contribution in [1.29, 1.82) is 0 Å². The normalized spacial score (nSPS) is 17.4. The van der Waals surface area contributed by atoms with E-state index in [1.165, 1.54) is 40.2 Å². The van der Waals surface area contributed by atoms with Crippen LogP contribution in [0.4, 0.5) is 16.5 Å². The highest BCUT2D eigenvalue weighted by Crippen LogP contribution is 2.39. The van der Waals surface area contributed by atoms with Gasteiger partial charge in [-0.2, -0.15) is 0 Å². The van der Waals surface area contributed by atoms with Gasteiger partial charge in [0.1, 0.15) is 6.04 Å². The Kier molecular flexibility index (Phi) is 5.73. The van der Waals surface area contributed by atoms with Gasteiger partial charge in [-0.25, -0.2) is 13.4 Å². The van der Waals surface area contributed by atoms with E-state index in [-0.39, 0.29) is 19.7 Å². The number of nitrogens with one attached hydrogen (secondary N) is 1. The fraction of sp³-hybridized carbons (Fsp3) is 0.185. The minimum atomic E-state index is -3.74. The molecule has 2 aliphatic rings. The molecule has 0 bridgehead atoms. The molecule has 0 radical (unpaired) electrons. The Labute approximate surface area is 217 Å². The molecule has 7 nitrogen and oxygen atoms in total. The van der Waals surface area contributed by atoms with Crippen molar-refractivity contribution in [2.75, 3.05) is 27.6 Å². The molecule has 0 spiro atoms. The minimum Gasteiger partial charge on any atom is -0.359 e. The molecule has 6 rings (SSSR count). The van der Waals surface area contributed by atoms with Crippen molar-refractivity contribution in [3.63, 3.8) is 0 Å². The highest BCUT2D eigenvalue weighted by Gasteiger charge is 2.39. The third kappa shape index (κ3) is 4.04. The molecule has 0 aliphatic carbocycles.